The average molecular weight is 337 g/mol. The lowest BCUT2D eigenvalue weighted by Crippen LogP contribution is -2.37. The van der Waals surface area contributed by atoms with Gasteiger partial charge in [-0.25, -0.2) is 4.79 Å². The van der Waals surface area contributed by atoms with Gasteiger partial charge in [-0.1, -0.05) is 30.3 Å². The summed E-state index contributed by atoms with van der Waals surface area (Å²) in [7, 11) is 0. The van der Waals surface area contributed by atoms with Crippen molar-refractivity contribution < 1.29 is 13.9 Å². The molecule has 2 aromatic carbocycles. The lowest BCUT2D eigenvalue weighted by molar-refractivity contribution is -0.127. The molecule has 2 unspecified atom stereocenters. The molecule has 1 amide bonds. The third kappa shape index (κ3) is 4.07. The minimum atomic E-state index is -0.681. The Morgan fingerprint density at radius 3 is 2.52 bits per heavy atom. The van der Waals surface area contributed by atoms with E-state index in [0.29, 0.717) is 11.3 Å². The van der Waals surface area contributed by atoms with E-state index in [-0.39, 0.29) is 11.9 Å². The zero-order valence-electron chi connectivity index (χ0n) is 14.1. The highest BCUT2D eigenvalue weighted by molar-refractivity contribution is 5.81. The summed E-state index contributed by atoms with van der Waals surface area (Å²) in [4.78, 5) is 23.6. The van der Waals surface area contributed by atoms with Crippen LogP contribution in [0.15, 0.2) is 69.9 Å². The fourth-order valence-electron chi connectivity index (χ4n) is 2.53. The smallest absolute Gasteiger partial charge is 0.336 e. The maximum Gasteiger partial charge on any atom is 0.336 e. The maximum absolute atomic E-state index is 12.3. The van der Waals surface area contributed by atoms with Crippen LogP contribution in [0.4, 0.5) is 0 Å². The van der Waals surface area contributed by atoms with Gasteiger partial charge >= 0.3 is 5.63 Å². The van der Waals surface area contributed by atoms with E-state index in [1.165, 1.54) is 6.07 Å². The first-order valence-corrected chi connectivity index (χ1v) is 8.09. The van der Waals surface area contributed by atoms with E-state index in [2.05, 4.69) is 5.32 Å². The van der Waals surface area contributed by atoms with E-state index in [9.17, 15) is 9.59 Å². The number of ether oxygens (including phenoxy) is 1. The van der Waals surface area contributed by atoms with Crippen molar-refractivity contribution in [2.75, 3.05) is 0 Å². The highest BCUT2D eigenvalue weighted by Crippen LogP contribution is 2.21. The Labute approximate surface area is 145 Å². The van der Waals surface area contributed by atoms with Gasteiger partial charge in [0.1, 0.15) is 11.3 Å². The summed E-state index contributed by atoms with van der Waals surface area (Å²) in [5.74, 6) is 0.253. The highest BCUT2D eigenvalue weighted by Gasteiger charge is 2.18. The van der Waals surface area contributed by atoms with Crippen molar-refractivity contribution in [1.82, 2.24) is 5.32 Å². The van der Waals surface area contributed by atoms with Crippen LogP contribution in [0, 0.1) is 0 Å². The molecule has 1 heterocycles. The van der Waals surface area contributed by atoms with Crippen molar-refractivity contribution in [3.63, 3.8) is 0 Å². The number of rotatable bonds is 5. The molecule has 0 fully saturated rings. The lowest BCUT2D eigenvalue weighted by atomic mass is 10.1. The Kier molecular flexibility index (Phi) is 4.84. The van der Waals surface area contributed by atoms with Gasteiger partial charge in [-0.3, -0.25) is 4.79 Å². The molecule has 5 nitrogen and oxygen atoms in total. The SMILES string of the molecule is CC(Oc1ccc2ccc(=O)oc2c1)C(=O)NC(C)c1ccccc1. The molecule has 3 aromatic rings. The second-order valence-corrected chi connectivity index (χ2v) is 5.86. The van der Waals surface area contributed by atoms with Gasteiger partial charge in [-0.05, 0) is 37.6 Å². The normalized spacial score (nSPS) is 13.2. The molecule has 0 aliphatic rings. The Morgan fingerprint density at radius 1 is 1.04 bits per heavy atom. The van der Waals surface area contributed by atoms with Crippen molar-refractivity contribution in [3.05, 3.63) is 76.6 Å². The van der Waals surface area contributed by atoms with Crippen molar-refractivity contribution in [3.8, 4) is 5.75 Å². The van der Waals surface area contributed by atoms with Gasteiger partial charge in [-0.2, -0.15) is 0 Å². The predicted molar refractivity (Wildman–Crippen MR) is 95.6 cm³/mol. The number of hydrogen-bond acceptors (Lipinski definition) is 4. The second kappa shape index (κ2) is 7.21. The number of carbonyl (C=O) groups is 1. The van der Waals surface area contributed by atoms with Crippen LogP contribution in [-0.2, 0) is 4.79 Å². The molecule has 0 bridgehead atoms. The molecule has 0 saturated heterocycles. The van der Waals surface area contributed by atoms with Gasteiger partial charge in [0.15, 0.2) is 6.10 Å². The molecule has 0 aliphatic heterocycles. The van der Waals surface area contributed by atoms with Crippen molar-refractivity contribution >= 4 is 16.9 Å². The van der Waals surface area contributed by atoms with Crippen molar-refractivity contribution in [2.24, 2.45) is 0 Å². The molecule has 0 radical (unpaired) electrons. The summed E-state index contributed by atoms with van der Waals surface area (Å²) in [6, 6.07) is 17.8. The molecule has 1 N–H and O–H groups in total. The minimum Gasteiger partial charge on any atom is -0.481 e. The number of amides is 1. The molecule has 0 aliphatic carbocycles. The number of fused-ring (bicyclic) bond motifs is 1. The quantitative estimate of drug-likeness (QED) is 0.724. The molecule has 3 rings (SSSR count). The zero-order chi connectivity index (χ0) is 17.8. The molecule has 2 atom stereocenters. The molecular formula is C20H19NO4. The van der Waals surface area contributed by atoms with E-state index in [4.69, 9.17) is 9.15 Å². The first kappa shape index (κ1) is 16.8. The Balaban J connectivity index is 1.68. The first-order valence-electron chi connectivity index (χ1n) is 8.09. The lowest BCUT2D eigenvalue weighted by Gasteiger charge is -2.19. The van der Waals surface area contributed by atoms with Crippen LogP contribution in [0.1, 0.15) is 25.5 Å². The predicted octanol–water partition coefficient (Wildman–Crippen LogP) is 3.44. The number of carbonyl (C=O) groups excluding carboxylic acids is 1. The van der Waals surface area contributed by atoms with E-state index in [1.807, 2.05) is 37.3 Å². The molecule has 0 spiro atoms. The topological polar surface area (TPSA) is 68.5 Å². The molecule has 1 aromatic heterocycles. The largest absolute Gasteiger partial charge is 0.481 e. The van der Waals surface area contributed by atoms with E-state index in [1.54, 1.807) is 31.2 Å². The first-order chi connectivity index (χ1) is 12.0. The maximum atomic E-state index is 12.3. The fourth-order valence-corrected chi connectivity index (χ4v) is 2.53. The van der Waals surface area contributed by atoms with Gasteiger partial charge in [0.05, 0.1) is 6.04 Å². The van der Waals surface area contributed by atoms with Crippen LogP contribution in [-0.4, -0.2) is 12.0 Å². The van der Waals surface area contributed by atoms with Gasteiger partial charge in [0.25, 0.3) is 5.91 Å². The van der Waals surface area contributed by atoms with Gasteiger partial charge in [-0.15, -0.1) is 0 Å². The molecule has 128 valence electrons. The average Bonchev–Trinajstić information content (AvgIpc) is 2.62. The van der Waals surface area contributed by atoms with Gasteiger partial charge < -0.3 is 14.5 Å². The number of nitrogens with one attached hydrogen (secondary N) is 1. The molecular weight excluding hydrogens is 318 g/mol. The van der Waals surface area contributed by atoms with Crippen LogP contribution >= 0.6 is 0 Å². The monoisotopic (exact) mass is 337 g/mol. The van der Waals surface area contributed by atoms with Crippen LogP contribution in [0.25, 0.3) is 11.0 Å². The Morgan fingerprint density at radius 2 is 1.76 bits per heavy atom. The van der Waals surface area contributed by atoms with Crippen LogP contribution < -0.4 is 15.7 Å². The van der Waals surface area contributed by atoms with Gasteiger partial charge in [0.2, 0.25) is 0 Å². The Hall–Kier alpha value is -3.08. The minimum absolute atomic E-state index is 0.116. The third-order valence-electron chi connectivity index (χ3n) is 3.93. The summed E-state index contributed by atoms with van der Waals surface area (Å²) < 4.78 is 10.8. The summed E-state index contributed by atoms with van der Waals surface area (Å²) in [6.45, 7) is 3.60. The van der Waals surface area contributed by atoms with Crippen LogP contribution in [0.2, 0.25) is 0 Å². The number of hydrogen-bond donors (Lipinski definition) is 1. The standard InChI is InChI=1S/C20H19NO4/c1-13(15-6-4-3-5-7-15)21-20(23)14(2)24-17-10-8-16-9-11-19(22)25-18(16)12-17/h3-14H,1-2H3,(H,21,23). The van der Waals surface area contributed by atoms with Crippen LogP contribution in [0.3, 0.4) is 0 Å². The summed E-state index contributed by atoms with van der Waals surface area (Å²) in [6.07, 6.45) is -0.681. The van der Waals surface area contributed by atoms with Gasteiger partial charge in [0, 0.05) is 17.5 Å². The van der Waals surface area contributed by atoms with Crippen LogP contribution in [0.5, 0.6) is 5.75 Å². The van der Waals surface area contributed by atoms with E-state index >= 15 is 0 Å². The second-order valence-electron chi connectivity index (χ2n) is 5.86. The molecule has 0 saturated carbocycles. The number of benzene rings is 2. The summed E-state index contributed by atoms with van der Waals surface area (Å²) >= 11 is 0. The fraction of sp³-hybridized carbons (Fsp3) is 0.200. The van der Waals surface area contributed by atoms with Crippen molar-refractivity contribution in [2.45, 2.75) is 26.0 Å². The summed E-state index contributed by atoms with van der Waals surface area (Å²) in [5, 5.41) is 3.72. The third-order valence-corrected chi connectivity index (χ3v) is 3.93. The highest BCUT2D eigenvalue weighted by atomic mass is 16.5. The van der Waals surface area contributed by atoms with Crippen molar-refractivity contribution in [1.29, 1.82) is 0 Å². The zero-order valence-corrected chi connectivity index (χ0v) is 14.1. The van der Waals surface area contributed by atoms with E-state index in [0.717, 1.165) is 10.9 Å². The summed E-state index contributed by atoms with van der Waals surface area (Å²) in [5.41, 5.74) is 1.03. The van der Waals surface area contributed by atoms with E-state index < -0.39 is 11.7 Å². The Bertz CT molecular complexity index is 933. The molecule has 5 heteroatoms. The molecule has 25 heavy (non-hydrogen) atoms.